The Morgan fingerprint density at radius 1 is 1.09 bits per heavy atom. The van der Waals surface area contributed by atoms with Gasteiger partial charge in [-0.2, -0.15) is 0 Å². The molecule has 0 aliphatic rings. The molecule has 0 spiro atoms. The SMILES string of the molecule is O=C(Cc1cccs1)NC[C@@H](O)c1cccc2ccccc12. The number of carbonyl (C=O) groups is 1. The summed E-state index contributed by atoms with van der Waals surface area (Å²) in [5.41, 5.74) is 0.842. The Bertz CT molecular complexity index is 762. The largest absolute Gasteiger partial charge is 0.387 e. The molecule has 0 bridgehead atoms. The standard InChI is InChI=1S/C18H17NO2S/c20-17(12-19-18(21)11-14-7-4-10-22-14)16-9-3-6-13-5-1-2-8-15(13)16/h1-10,17,20H,11-12H2,(H,19,21)/t17-/m1/s1. The molecule has 3 aromatic rings. The summed E-state index contributed by atoms with van der Waals surface area (Å²) in [4.78, 5) is 12.9. The minimum atomic E-state index is -0.710. The van der Waals surface area contributed by atoms with Crippen molar-refractivity contribution in [2.24, 2.45) is 0 Å². The molecule has 0 saturated heterocycles. The minimum absolute atomic E-state index is 0.0678. The number of hydrogen-bond acceptors (Lipinski definition) is 3. The van der Waals surface area contributed by atoms with E-state index in [0.717, 1.165) is 21.2 Å². The van der Waals surface area contributed by atoms with Gasteiger partial charge in [-0.05, 0) is 27.8 Å². The quantitative estimate of drug-likeness (QED) is 0.759. The molecule has 1 amide bonds. The van der Waals surface area contributed by atoms with Crippen LogP contribution in [0, 0.1) is 0 Å². The normalized spacial score (nSPS) is 12.2. The molecule has 112 valence electrons. The molecule has 1 aromatic heterocycles. The van der Waals surface area contributed by atoms with Crippen LogP contribution in [0.3, 0.4) is 0 Å². The first-order chi connectivity index (χ1) is 10.7. The number of fused-ring (bicyclic) bond motifs is 1. The van der Waals surface area contributed by atoms with Crippen LogP contribution < -0.4 is 5.32 Å². The van der Waals surface area contributed by atoms with Gasteiger partial charge < -0.3 is 10.4 Å². The average Bonchev–Trinajstić information content (AvgIpc) is 3.05. The zero-order valence-electron chi connectivity index (χ0n) is 12.0. The number of nitrogens with one attached hydrogen (secondary N) is 1. The van der Waals surface area contributed by atoms with E-state index in [4.69, 9.17) is 0 Å². The van der Waals surface area contributed by atoms with Crippen molar-refractivity contribution in [1.82, 2.24) is 5.32 Å². The summed E-state index contributed by atoms with van der Waals surface area (Å²) in [7, 11) is 0. The van der Waals surface area contributed by atoms with Gasteiger partial charge in [-0.15, -0.1) is 11.3 Å². The predicted molar refractivity (Wildman–Crippen MR) is 89.9 cm³/mol. The lowest BCUT2D eigenvalue weighted by Gasteiger charge is -2.14. The topological polar surface area (TPSA) is 49.3 Å². The fraction of sp³-hybridized carbons (Fsp3) is 0.167. The second-order valence-electron chi connectivity index (χ2n) is 5.14. The first kappa shape index (κ1) is 14.8. The van der Waals surface area contributed by atoms with Crippen molar-refractivity contribution in [3.05, 3.63) is 70.4 Å². The highest BCUT2D eigenvalue weighted by Crippen LogP contribution is 2.23. The predicted octanol–water partition coefficient (Wildman–Crippen LogP) is 3.29. The van der Waals surface area contributed by atoms with Crippen LogP contribution in [0.5, 0.6) is 0 Å². The molecular weight excluding hydrogens is 294 g/mol. The lowest BCUT2D eigenvalue weighted by molar-refractivity contribution is -0.120. The van der Waals surface area contributed by atoms with Crippen LogP contribution in [0.1, 0.15) is 16.5 Å². The van der Waals surface area contributed by atoms with Gasteiger partial charge in [0.15, 0.2) is 0 Å². The Morgan fingerprint density at radius 2 is 1.91 bits per heavy atom. The van der Waals surface area contributed by atoms with Crippen LogP contribution in [0.25, 0.3) is 10.8 Å². The van der Waals surface area contributed by atoms with Crippen molar-refractivity contribution in [3.8, 4) is 0 Å². The highest BCUT2D eigenvalue weighted by Gasteiger charge is 2.12. The summed E-state index contributed by atoms with van der Waals surface area (Å²) in [6.07, 6.45) is -0.349. The first-order valence-electron chi connectivity index (χ1n) is 7.19. The van der Waals surface area contributed by atoms with Gasteiger partial charge in [0.05, 0.1) is 12.5 Å². The second kappa shape index (κ2) is 6.73. The molecule has 2 aromatic carbocycles. The van der Waals surface area contributed by atoms with Crippen LogP contribution in [-0.2, 0) is 11.2 Å². The Hall–Kier alpha value is -2.17. The lowest BCUT2D eigenvalue weighted by atomic mass is 10.0. The molecule has 0 radical (unpaired) electrons. The molecule has 0 fully saturated rings. The number of rotatable bonds is 5. The number of amides is 1. The zero-order chi connectivity index (χ0) is 15.4. The number of hydrogen-bond donors (Lipinski definition) is 2. The summed E-state index contributed by atoms with van der Waals surface area (Å²) in [6.45, 7) is 0.220. The van der Waals surface area contributed by atoms with Crippen molar-refractivity contribution in [2.45, 2.75) is 12.5 Å². The van der Waals surface area contributed by atoms with Crippen LogP contribution in [0.4, 0.5) is 0 Å². The van der Waals surface area contributed by atoms with E-state index >= 15 is 0 Å². The van der Waals surface area contributed by atoms with Crippen molar-refractivity contribution in [3.63, 3.8) is 0 Å². The summed E-state index contributed by atoms with van der Waals surface area (Å²) < 4.78 is 0. The van der Waals surface area contributed by atoms with Crippen LogP contribution in [-0.4, -0.2) is 17.6 Å². The van der Waals surface area contributed by atoms with Crippen LogP contribution in [0.2, 0.25) is 0 Å². The molecule has 3 rings (SSSR count). The molecule has 0 aliphatic carbocycles. The maximum atomic E-state index is 11.9. The minimum Gasteiger partial charge on any atom is -0.387 e. The second-order valence-corrected chi connectivity index (χ2v) is 6.18. The molecule has 0 unspecified atom stereocenters. The van der Waals surface area contributed by atoms with Crippen molar-refractivity contribution in [1.29, 1.82) is 0 Å². The first-order valence-corrected chi connectivity index (χ1v) is 8.07. The van der Waals surface area contributed by atoms with Crippen molar-refractivity contribution >= 4 is 28.0 Å². The highest BCUT2D eigenvalue weighted by molar-refractivity contribution is 7.10. The van der Waals surface area contributed by atoms with E-state index in [-0.39, 0.29) is 12.5 Å². The number of benzene rings is 2. The third-order valence-corrected chi connectivity index (χ3v) is 4.47. The fourth-order valence-electron chi connectivity index (χ4n) is 2.50. The molecular formula is C18H17NO2S. The number of carbonyl (C=O) groups excluding carboxylic acids is 1. The maximum Gasteiger partial charge on any atom is 0.225 e. The molecule has 1 heterocycles. The van der Waals surface area contributed by atoms with Gasteiger partial charge in [-0.25, -0.2) is 0 Å². The molecule has 4 heteroatoms. The van der Waals surface area contributed by atoms with Gasteiger partial charge >= 0.3 is 0 Å². The van der Waals surface area contributed by atoms with Gasteiger partial charge in [-0.3, -0.25) is 4.79 Å². The molecule has 0 saturated carbocycles. The summed E-state index contributed by atoms with van der Waals surface area (Å²) in [6, 6.07) is 17.6. The summed E-state index contributed by atoms with van der Waals surface area (Å²) in [5, 5.41) is 17.2. The monoisotopic (exact) mass is 311 g/mol. The molecule has 1 atom stereocenters. The van der Waals surface area contributed by atoms with Gasteiger partial charge in [0.2, 0.25) is 5.91 Å². The smallest absolute Gasteiger partial charge is 0.225 e. The zero-order valence-corrected chi connectivity index (χ0v) is 12.8. The van der Waals surface area contributed by atoms with Gasteiger partial charge in [0.25, 0.3) is 0 Å². The van der Waals surface area contributed by atoms with E-state index in [1.165, 1.54) is 0 Å². The van der Waals surface area contributed by atoms with E-state index in [9.17, 15) is 9.90 Å². The van der Waals surface area contributed by atoms with E-state index in [2.05, 4.69) is 5.32 Å². The lowest BCUT2D eigenvalue weighted by Crippen LogP contribution is -2.29. The number of aliphatic hydroxyl groups excluding tert-OH is 1. The van der Waals surface area contributed by atoms with Crippen LogP contribution in [0.15, 0.2) is 60.0 Å². The highest BCUT2D eigenvalue weighted by atomic mass is 32.1. The van der Waals surface area contributed by atoms with Crippen molar-refractivity contribution in [2.75, 3.05) is 6.54 Å². The molecule has 22 heavy (non-hydrogen) atoms. The Labute approximate surface area is 133 Å². The Kier molecular flexibility index (Phi) is 4.51. The third kappa shape index (κ3) is 3.35. The molecule has 0 aliphatic heterocycles. The molecule has 2 N–H and O–H groups in total. The van der Waals surface area contributed by atoms with Gasteiger partial charge in [0.1, 0.15) is 0 Å². The summed E-state index contributed by atoms with van der Waals surface area (Å²) in [5.74, 6) is -0.0678. The average molecular weight is 311 g/mol. The third-order valence-electron chi connectivity index (χ3n) is 3.59. The number of aliphatic hydroxyl groups is 1. The number of thiophene rings is 1. The van der Waals surface area contributed by atoms with E-state index in [1.54, 1.807) is 11.3 Å². The van der Waals surface area contributed by atoms with Crippen molar-refractivity contribution < 1.29 is 9.90 Å². The Balaban J connectivity index is 1.66. The molecule has 3 nitrogen and oxygen atoms in total. The van der Waals surface area contributed by atoms with Crippen LogP contribution >= 0.6 is 11.3 Å². The van der Waals surface area contributed by atoms with Gasteiger partial charge in [0, 0.05) is 11.4 Å². The van der Waals surface area contributed by atoms with E-state index in [0.29, 0.717) is 6.42 Å². The van der Waals surface area contributed by atoms with Gasteiger partial charge in [-0.1, -0.05) is 48.5 Å². The van der Waals surface area contributed by atoms with E-state index in [1.807, 2.05) is 60.0 Å². The summed E-state index contributed by atoms with van der Waals surface area (Å²) >= 11 is 1.56. The Morgan fingerprint density at radius 3 is 2.73 bits per heavy atom. The fourth-order valence-corrected chi connectivity index (χ4v) is 3.20. The van der Waals surface area contributed by atoms with E-state index < -0.39 is 6.10 Å². The maximum absolute atomic E-state index is 11.9.